The van der Waals surface area contributed by atoms with Crippen LogP contribution < -0.4 is 20.5 Å². The van der Waals surface area contributed by atoms with Crippen LogP contribution in [0.3, 0.4) is 0 Å². The Balaban J connectivity index is 1.63. The van der Waals surface area contributed by atoms with Gasteiger partial charge in [0.15, 0.2) is 18.1 Å². The zero-order valence-corrected chi connectivity index (χ0v) is 15.7. The summed E-state index contributed by atoms with van der Waals surface area (Å²) in [6.45, 7) is -0.329. The van der Waals surface area contributed by atoms with Crippen molar-refractivity contribution in [2.75, 3.05) is 13.7 Å². The first-order chi connectivity index (χ1) is 13.0. The molecule has 2 aromatic rings. The molecule has 27 heavy (non-hydrogen) atoms. The molecular formula is C20H21ClN2O4. The fourth-order valence-electron chi connectivity index (χ4n) is 3.14. The molecule has 6 nitrogen and oxygen atoms in total. The molecule has 2 aromatic carbocycles. The summed E-state index contributed by atoms with van der Waals surface area (Å²) in [5.74, 6) is 0.0622. The van der Waals surface area contributed by atoms with Crippen molar-refractivity contribution in [3.8, 4) is 11.5 Å². The largest absolute Gasteiger partial charge is 0.493 e. The Morgan fingerprint density at radius 3 is 2.56 bits per heavy atom. The van der Waals surface area contributed by atoms with Crippen LogP contribution in [0.5, 0.6) is 11.5 Å². The van der Waals surface area contributed by atoms with E-state index in [1.165, 1.54) is 24.8 Å². The number of nitrogens with two attached hydrogens (primary N) is 1. The van der Waals surface area contributed by atoms with Crippen LogP contribution in [0.4, 0.5) is 0 Å². The molecule has 0 radical (unpaired) electrons. The molecule has 3 rings (SSSR count). The third-order valence-electron chi connectivity index (χ3n) is 4.59. The van der Waals surface area contributed by atoms with E-state index in [0.717, 1.165) is 12.8 Å². The highest BCUT2D eigenvalue weighted by molar-refractivity contribution is 6.32. The summed E-state index contributed by atoms with van der Waals surface area (Å²) >= 11 is 6.19. The molecule has 142 valence electrons. The Morgan fingerprint density at radius 2 is 1.93 bits per heavy atom. The lowest BCUT2D eigenvalue weighted by atomic mass is 9.76. The number of carbonyl (C=O) groups excluding carboxylic acids is 2. The van der Waals surface area contributed by atoms with Gasteiger partial charge >= 0.3 is 0 Å². The van der Waals surface area contributed by atoms with Gasteiger partial charge in [-0.2, -0.15) is 0 Å². The minimum absolute atomic E-state index is 0.123. The molecule has 0 aliphatic heterocycles. The Labute approximate surface area is 162 Å². The number of rotatable bonds is 7. The Morgan fingerprint density at radius 1 is 1.22 bits per heavy atom. The first-order valence-corrected chi connectivity index (χ1v) is 9.00. The average Bonchev–Trinajstić information content (AvgIpc) is 2.63. The van der Waals surface area contributed by atoms with Gasteiger partial charge in [-0.3, -0.25) is 9.59 Å². The van der Waals surface area contributed by atoms with Crippen LogP contribution in [0.25, 0.3) is 0 Å². The summed E-state index contributed by atoms with van der Waals surface area (Å²) in [6, 6.07) is 13.4. The fraction of sp³-hybridized carbons (Fsp3) is 0.300. The van der Waals surface area contributed by atoms with Gasteiger partial charge in [-0.15, -0.1) is 0 Å². The zero-order valence-electron chi connectivity index (χ0n) is 14.9. The number of hydrogen-bond acceptors (Lipinski definition) is 4. The fourth-order valence-corrected chi connectivity index (χ4v) is 3.40. The highest BCUT2D eigenvalue weighted by atomic mass is 35.5. The molecule has 1 fully saturated rings. The van der Waals surface area contributed by atoms with E-state index in [9.17, 15) is 9.59 Å². The van der Waals surface area contributed by atoms with Gasteiger partial charge in [-0.25, -0.2) is 0 Å². The molecule has 1 aliphatic rings. The number of hydrogen-bond donors (Lipinski definition) is 2. The maximum absolute atomic E-state index is 12.5. The van der Waals surface area contributed by atoms with Gasteiger partial charge in [-0.1, -0.05) is 41.9 Å². The second-order valence-corrected chi connectivity index (χ2v) is 6.90. The van der Waals surface area contributed by atoms with Crippen LogP contribution in [0.15, 0.2) is 42.5 Å². The highest BCUT2D eigenvalue weighted by Crippen LogP contribution is 2.38. The summed E-state index contributed by atoms with van der Waals surface area (Å²) in [4.78, 5) is 23.4. The second kappa shape index (κ2) is 8.31. The third-order valence-corrected chi connectivity index (χ3v) is 4.88. The average molecular weight is 389 g/mol. The molecule has 3 N–H and O–H groups in total. The maximum atomic E-state index is 12.5. The quantitative estimate of drug-likeness (QED) is 0.763. The van der Waals surface area contributed by atoms with Crippen LogP contribution in [0.1, 0.15) is 34.7 Å². The van der Waals surface area contributed by atoms with Crippen LogP contribution in [-0.2, 0) is 4.79 Å². The molecule has 0 saturated heterocycles. The Bertz CT molecular complexity index is 835. The van der Waals surface area contributed by atoms with Crippen molar-refractivity contribution in [2.24, 2.45) is 5.73 Å². The van der Waals surface area contributed by atoms with Crippen LogP contribution in [0, 0.1) is 0 Å². The number of amides is 2. The lowest BCUT2D eigenvalue weighted by Gasteiger charge is -2.36. The van der Waals surface area contributed by atoms with E-state index in [1.54, 1.807) is 0 Å². The molecular weight excluding hydrogens is 368 g/mol. The van der Waals surface area contributed by atoms with Crippen molar-refractivity contribution in [3.05, 3.63) is 58.6 Å². The first kappa shape index (κ1) is 19.0. The van der Waals surface area contributed by atoms with E-state index in [2.05, 4.69) is 17.4 Å². The van der Waals surface area contributed by atoms with E-state index < -0.39 is 5.91 Å². The van der Waals surface area contributed by atoms with Crippen LogP contribution >= 0.6 is 11.6 Å². The lowest BCUT2D eigenvalue weighted by molar-refractivity contribution is -0.119. The van der Waals surface area contributed by atoms with Crippen molar-refractivity contribution in [2.45, 2.75) is 24.8 Å². The van der Waals surface area contributed by atoms with Crippen molar-refractivity contribution >= 4 is 23.4 Å². The first-order valence-electron chi connectivity index (χ1n) is 8.62. The summed E-state index contributed by atoms with van der Waals surface area (Å²) in [5, 5.41) is 3.19. The molecule has 0 aromatic heterocycles. The van der Waals surface area contributed by atoms with Gasteiger partial charge in [0.1, 0.15) is 0 Å². The maximum Gasteiger partial charge on any atom is 0.255 e. The van der Waals surface area contributed by atoms with Crippen molar-refractivity contribution in [1.82, 2.24) is 5.32 Å². The van der Waals surface area contributed by atoms with Gasteiger partial charge in [0.25, 0.3) is 11.8 Å². The second-order valence-electron chi connectivity index (χ2n) is 6.49. The molecule has 0 heterocycles. The van der Waals surface area contributed by atoms with E-state index in [-0.39, 0.29) is 35.1 Å². The normalized spacial score (nSPS) is 18.3. The molecule has 1 saturated carbocycles. The summed E-state index contributed by atoms with van der Waals surface area (Å²) < 4.78 is 10.5. The molecule has 0 atom stereocenters. The molecule has 7 heteroatoms. The zero-order chi connectivity index (χ0) is 19.4. The Hall–Kier alpha value is -2.73. The number of carbonyl (C=O) groups is 2. The van der Waals surface area contributed by atoms with E-state index >= 15 is 0 Å². The monoisotopic (exact) mass is 388 g/mol. The number of halogens is 1. The molecule has 0 unspecified atom stereocenters. The van der Waals surface area contributed by atoms with Gasteiger partial charge in [0.05, 0.1) is 12.1 Å². The SMILES string of the molecule is COc1cc(C(=O)NC2CC(c3ccccc3)C2)cc(Cl)c1OCC(N)=O. The van der Waals surface area contributed by atoms with Gasteiger partial charge in [-0.05, 0) is 36.5 Å². The van der Waals surface area contributed by atoms with Gasteiger partial charge < -0.3 is 20.5 Å². The predicted octanol–water partition coefficient (Wildman–Crippen LogP) is 2.89. The topological polar surface area (TPSA) is 90.7 Å². The van der Waals surface area contributed by atoms with Crippen molar-refractivity contribution < 1.29 is 19.1 Å². The van der Waals surface area contributed by atoms with Gasteiger partial charge in [0, 0.05) is 11.6 Å². The third kappa shape index (κ3) is 4.52. The molecule has 0 bridgehead atoms. The van der Waals surface area contributed by atoms with Crippen molar-refractivity contribution in [3.63, 3.8) is 0 Å². The van der Waals surface area contributed by atoms with E-state index in [0.29, 0.717) is 11.5 Å². The minimum Gasteiger partial charge on any atom is -0.493 e. The summed E-state index contributed by atoms with van der Waals surface area (Å²) in [6.07, 6.45) is 1.81. The van der Waals surface area contributed by atoms with Crippen LogP contribution in [-0.4, -0.2) is 31.6 Å². The smallest absolute Gasteiger partial charge is 0.255 e. The number of benzene rings is 2. The highest BCUT2D eigenvalue weighted by Gasteiger charge is 2.31. The number of nitrogens with one attached hydrogen (secondary N) is 1. The Kier molecular flexibility index (Phi) is 5.86. The molecule has 0 spiro atoms. The molecule has 1 aliphatic carbocycles. The van der Waals surface area contributed by atoms with Gasteiger partial charge in [0.2, 0.25) is 0 Å². The standard InChI is InChI=1S/C20H21ClN2O4/c1-26-17-10-14(9-16(21)19(17)27-11-18(22)24)20(25)23-15-7-13(8-15)12-5-3-2-4-6-12/h2-6,9-10,13,15H,7-8,11H2,1H3,(H2,22,24)(H,23,25). The predicted molar refractivity (Wildman–Crippen MR) is 102 cm³/mol. The lowest BCUT2D eigenvalue weighted by Crippen LogP contribution is -2.43. The molecule has 2 amide bonds. The van der Waals surface area contributed by atoms with E-state index in [4.69, 9.17) is 26.8 Å². The van der Waals surface area contributed by atoms with E-state index in [1.807, 2.05) is 18.2 Å². The minimum atomic E-state index is -0.632. The summed E-state index contributed by atoms with van der Waals surface area (Å²) in [7, 11) is 1.43. The number of methoxy groups -OCH3 is 1. The van der Waals surface area contributed by atoms with Crippen molar-refractivity contribution in [1.29, 1.82) is 0 Å². The number of ether oxygens (including phenoxy) is 2. The number of primary amides is 1. The van der Waals surface area contributed by atoms with Crippen LogP contribution in [0.2, 0.25) is 5.02 Å². The summed E-state index contributed by atoms with van der Waals surface area (Å²) in [5.41, 5.74) is 6.74.